The lowest BCUT2D eigenvalue weighted by molar-refractivity contribution is -0.123. The van der Waals surface area contributed by atoms with Crippen molar-refractivity contribution >= 4 is 22.7 Å². The third-order valence-electron chi connectivity index (χ3n) is 4.90. The largest absolute Gasteiger partial charge is 0.382 e. The standard InChI is InChI=1S/C19H23N3O3/c1-20-17(23)12-19(13-25-2)9-5-11-22(19)18(24)15-6-3-8-16-14(15)7-4-10-21-16/h3-4,6-8,10H,5,9,11-13H2,1-2H3,(H,20,23)/t19-/m1/s1. The number of amides is 2. The summed E-state index contributed by atoms with van der Waals surface area (Å²) in [4.78, 5) is 31.5. The fraction of sp³-hybridized carbons (Fsp3) is 0.421. The fourth-order valence-electron chi connectivity index (χ4n) is 3.73. The minimum atomic E-state index is -0.601. The van der Waals surface area contributed by atoms with Crippen molar-refractivity contribution in [1.29, 1.82) is 0 Å². The molecular weight excluding hydrogens is 318 g/mol. The Bertz CT molecular complexity index is 787. The number of rotatable bonds is 5. The van der Waals surface area contributed by atoms with Crippen LogP contribution in [0.3, 0.4) is 0 Å². The van der Waals surface area contributed by atoms with Crippen LogP contribution in [0.5, 0.6) is 0 Å². The molecule has 1 atom stereocenters. The van der Waals surface area contributed by atoms with Gasteiger partial charge in [-0.15, -0.1) is 0 Å². The quantitative estimate of drug-likeness (QED) is 0.903. The van der Waals surface area contributed by atoms with E-state index in [0.717, 1.165) is 23.7 Å². The predicted octanol–water partition coefficient (Wildman–Crippen LogP) is 1.99. The molecule has 1 saturated heterocycles. The second kappa shape index (κ2) is 7.19. The molecule has 3 rings (SSSR count). The van der Waals surface area contributed by atoms with E-state index in [2.05, 4.69) is 10.3 Å². The minimum Gasteiger partial charge on any atom is -0.382 e. The highest BCUT2D eigenvalue weighted by Crippen LogP contribution is 2.35. The first-order chi connectivity index (χ1) is 12.1. The van der Waals surface area contributed by atoms with Gasteiger partial charge in [-0.05, 0) is 31.0 Å². The molecule has 2 aromatic rings. The molecule has 1 aromatic heterocycles. The van der Waals surface area contributed by atoms with Gasteiger partial charge in [0.1, 0.15) is 0 Å². The summed E-state index contributed by atoms with van der Waals surface area (Å²) in [7, 11) is 3.22. The number of hydrogen-bond acceptors (Lipinski definition) is 4. The monoisotopic (exact) mass is 341 g/mol. The molecule has 0 unspecified atom stereocenters. The second-order valence-electron chi connectivity index (χ2n) is 6.44. The number of pyridine rings is 1. The van der Waals surface area contributed by atoms with Crippen molar-refractivity contribution in [2.24, 2.45) is 0 Å². The lowest BCUT2D eigenvalue weighted by Crippen LogP contribution is -2.52. The van der Waals surface area contributed by atoms with Gasteiger partial charge in [-0.2, -0.15) is 0 Å². The summed E-state index contributed by atoms with van der Waals surface area (Å²) in [5.74, 6) is -0.159. The average molecular weight is 341 g/mol. The van der Waals surface area contributed by atoms with Gasteiger partial charge in [0.15, 0.2) is 0 Å². The molecule has 1 fully saturated rings. The summed E-state index contributed by atoms with van der Waals surface area (Å²) in [6.45, 7) is 0.963. The molecule has 132 valence electrons. The third kappa shape index (κ3) is 3.22. The molecule has 2 amide bonds. The van der Waals surface area contributed by atoms with Crippen LogP contribution in [0.1, 0.15) is 29.6 Å². The van der Waals surface area contributed by atoms with Gasteiger partial charge in [-0.1, -0.05) is 12.1 Å². The number of nitrogens with zero attached hydrogens (tertiary/aromatic N) is 2. The van der Waals surface area contributed by atoms with Crippen LogP contribution in [0.2, 0.25) is 0 Å². The maximum Gasteiger partial charge on any atom is 0.255 e. The Kier molecular flexibility index (Phi) is 4.99. The van der Waals surface area contributed by atoms with Gasteiger partial charge in [0.05, 0.1) is 24.1 Å². The molecule has 6 heteroatoms. The van der Waals surface area contributed by atoms with Gasteiger partial charge in [-0.25, -0.2) is 0 Å². The van der Waals surface area contributed by atoms with E-state index in [4.69, 9.17) is 4.74 Å². The number of carbonyl (C=O) groups excluding carboxylic acids is 2. The van der Waals surface area contributed by atoms with Gasteiger partial charge >= 0.3 is 0 Å². The van der Waals surface area contributed by atoms with Crippen LogP contribution in [0.4, 0.5) is 0 Å². The second-order valence-corrected chi connectivity index (χ2v) is 6.44. The van der Waals surface area contributed by atoms with Crippen molar-refractivity contribution in [2.75, 3.05) is 27.3 Å². The summed E-state index contributed by atoms with van der Waals surface area (Å²) in [5, 5.41) is 3.49. The highest BCUT2D eigenvalue weighted by Gasteiger charge is 2.45. The van der Waals surface area contributed by atoms with Crippen LogP contribution >= 0.6 is 0 Å². The molecule has 0 spiro atoms. The lowest BCUT2D eigenvalue weighted by Gasteiger charge is -2.37. The first-order valence-corrected chi connectivity index (χ1v) is 8.46. The molecular formula is C19H23N3O3. The number of methoxy groups -OCH3 is 1. The summed E-state index contributed by atoms with van der Waals surface area (Å²) in [6.07, 6.45) is 3.57. The van der Waals surface area contributed by atoms with Gasteiger partial charge in [0.25, 0.3) is 5.91 Å². The maximum atomic E-state index is 13.3. The van der Waals surface area contributed by atoms with Crippen molar-refractivity contribution < 1.29 is 14.3 Å². The zero-order chi connectivity index (χ0) is 17.9. The summed E-state index contributed by atoms with van der Waals surface area (Å²) < 4.78 is 5.39. The van der Waals surface area contributed by atoms with Gasteiger partial charge in [0, 0.05) is 37.8 Å². The van der Waals surface area contributed by atoms with Crippen molar-refractivity contribution in [1.82, 2.24) is 15.2 Å². The van der Waals surface area contributed by atoms with E-state index in [0.29, 0.717) is 18.7 Å². The van der Waals surface area contributed by atoms with Crippen LogP contribution in [0.15, 0.2) is 36.5 Å². The molecule has 1 aliphatic heterocycles. The topological polar surface area (TPSA) is 71.5 Å². The number of likely N-dealkylation sites (tertiary alicyclic amines) is 1. The van der Waals surface area contributed by atoms with Crippen LogP contribution < -0.4 is 5.32 Å². The summed E-state index contributed by atoms with van der Waals surface area (Å²) in [6, 6.07) is 9.29. The molecule has 0 bridgehead atoms. The van der Waals surface area contributed by atoms with Crippen LogP contribution in [0.25, 0.3) is 10.9 Å². The number of benzene rings is 1. The Hall–Kier alpha value is -2.47. The van der Waals surface area contributed by atoms with Crippen molar-refractivity contribution in [3.8, 4) is 0 Å². The van der Waals surface area contributed by atoms with E-state index < -0.39 is 5.54 Å². The molecule has 25 heavy (non-hydrogen) atoms. The first kappa shape index (κ1) is 17.4. The third-order valence-corrected chi connectivity index (χ3v) is 4.90. The number of carbonyl (C=O) groups is 2. The Labute approximate surface area is 147 Å². The van der Waals surface area contributed by atoms with Gasteiger partial charge < -0.3 is 15.0 Å². The van der Waals surface area contributed by atoms with E-state index in [1.807, 2.05) is 35.2 Å². The number of aromatic nitrogens is 1. The Morgan fingerprint density at radius 2 is 2.16 bits per heavy atom. The van der Waals surface area contributed by atoms with E-state index in [-0.39, 0.29) is 18.2 Å². The predicted molar refractivity (Wildman–Crippen MR) is 95.3 cm³/mol. The molecule has 0 radical (unpaired) electrons. The molecule has 1 N–H and O–H groups in total. The molecule has 6 nitrogen and oxygen atoms in total. The number of fused-ring (bicyclic) bond motifs is 1. The Balaban J connectivity index is 2.00. The number of hydrogen-bond donors (Lipinski definition) is 1. The highest BCUT2D eigenvalue weighted by molar-refractivity contribution is 6.06. The molecule has 1 aliphatic rings. The van der Waals surface area contributed by atoms with Crippen LogP contribution in [-0.4, -0.2) is 54.5 Å². The van der Waals surface area contributed by atoms with Crippen LogP contribution in [0, 0.1) is 0 Å². The first-order valence-electron chi connectivity index (χ1n) is 8.46. The van der Waals surface area contributed by atoms with E-state index in [1.165, 1.54) is 0 Å². The van der Waals surface area contributed by atoms with Gasteiger partial charge in [0.2, 0.25) is 5.91 Å². The fourth-order valence-corrected chi connectivity index (χ4v) is 3.73. The van der Waals surface area contributed by atoms with Crippen molar-refractivity contribution in [2.45, 2.75) is 24.8 Å². The molecule has 0 saturated carbocycles. The SMILES string of the molecule is CNC(=O)C[C@@]1(COC)CCCN1C(=O)c1cccc2ncccc12. The van der Waals surface area contributed by atoms with Crippen molar-refractivity contribution in [3.63, 3.8) is 0 Å². The zero-order valence-corrected chi connectivity index (χ0v) is 14.6. The van der Waals surface area contributed by atoms with Crippen LogP contribution in [-0.2, 0) is 9.53 Å². The highest BCUT2D eigenvalue weighted by atomic mass is 16.5. The van der Waals surface area contributed by atoms with Gasteiger partial charge in [-0.3, -0.25) is 14.6 Å². The minimum absolute atomic E-state index is 0.0722. The molecule has 0 aliphatic carbocycles. The van der Waals surface area contributed by atoms with E-state index in [1.54, 1.807) is 20.4 Å². The summed E-state index contributed by atoms with van der Waals surface area (Å²) in [5.41, 5.74) is 0.803. The number of ether oxygens (including phenoxy) is 1. The van der Waals surface area contributed by atoms with Crippen molar-refractivity contribution in [3.05, 3.63) is 42.1 Å². The summed E-state index contributed by atoms with van der Waals surface area (Å²) >= 11 is 0. The van der Waals surface area contributed by atoms with E-state index >= 15 is 0 Å². The Morgan fingerprint density at radius 1 is 1.32 bits per heavy atom. The molecule has 1 aromatic carbocycles. The normalized spacial score (nSPS) is 20.0. The molecule has 2 heterocycles. The zero-order valence-electron chi connectivity index (χ0n) is 14.6. The average Bonchev–Trinajstić information content (AvgIpc) is 3.04. The number of nitrogens with one attached hydrogen (secondary N) is 1. The maximum absolute atomic E-state index is 13.3. The van der Waals surface area contributed by atoms with E-state index in [9.17, 15) is 9.59 Å². The Morgan fingerprint density at radius 3 is 2.92 bits per heavy atom. The smallest absolute Gasteiger partial charge is 0.255 e. The lowest BCUT2D eigenvalue weighted by atomic mass is 9.91.